The van der Waals surface area contributed by atoms with E-state index in [4.69, 9.17) is 0 Å². The van der Waals surface area contributed by atoms with Crippen LogP contribution in [0.15, 0.2) is 18.3 Å². The van der Waals surface area contributed by atoms with Crippen LogP contribution in [0.1, 0.15) is 37.0 Å². The van der Waals surface area contributed by atoms with Gasteiger partial charge in [-0.05, 0) is 25.0 Å². The molecule has 2 atom stereocenters. The predicted molar refractivity (Wildman–Crippen MR) is 83.5 cm³/mol. The molecule has 0 aliphatic rings. The van der Waals surface area contributed by atoms with Crippen molar-refractivity contribution in [3.05, 3.63) is 23.9 Å². The summed E-state index contributed by atoms with van der Waals surface area (Å²) in [7, 11) is -0.848. The standard InChI is InChI=1S/C14H23N3O2S/c1-4-8-15-13-6-5-12(10-17-13)14(18)16-9-7-11(2)20(3)19/h5-6,10-11H,4,7-9H2,1-3H3,(H,15,17)(H,16,18). The van der Waals surface area contributed by atoms with Gasteiger partial charge in [0, 0.05) is 41.6 Å². The van der Waals surface area contributed by atoms with Gasteiger partial charge in [-0.1, -0.05) is 13.8 Å². The highest BCUT2D eigenvalue weighted by Gasteiger charge is 2.09. The van der Waals surface area contributed by atoms with Crippen molar-refractivity contribution in [2.75, 3.05) is 24.7 Å². The molecule has 0 aliphatic carbocycles. The summed E-state index contributed by atoms with van der Waals surface area (Å²) in [5, 5.41) is 6.06. The molecule has 1 aromatic rings. The van der Waals surface area contributed by atoms with Crippen LogP contribution in [0, 0.1) is 0 Å². The Morgan fingerprint density at radius 2 is 2.15 bits per heavy atom. The summed E-state index contributed by atoms with van der Waals surface area (Å²) in [5.74, 6) is 0.632. The van der Waals surface area contributed by atoms with Gasteiger partial charge in [0.1, 0.15) is 5.82 Å². The largest absolute Gasteiger partial charge is 0.370 e. The molecule has 1 rings (SSSR count). The molecule has 0 bridgehead atoms. The molecule has 20 heavy (non-hydrogen) atoms. The zero-order valence-corrected chi connectivity index (χ0v) is 13.1. The minimum absolute atomic E-state index is 0.0917. The number of hydrogen-bond donors (Lipinski definition) is 2. The minimum Gasteiger partial charge on any atom is -0.370 e. The number of carbonyl (C=O) groups excluding carboxylic acids is 1. The fourth-order valence-electron chi connectivity index (χ4n) is 1.54. The molecule has 0 radical (unpaired) electrons. The summed E-state index contributed by atoms with van der Waals surface area (Å²) >= 11 is 0. The second kappa shape index (κ2) is 8.68. The number of carbonyl (C=O) groups is 1. The van der Waals surface area contributed by atoms with Crippen molar-refractivity contribution < 1.29 is 9.00 Å². The van der Waals surface area contributed by atoms with Crippen LogP contribution in [-0.2, 0) is 10.8 Å². The summed E-state index contributed by atoms with van der Waals surface area (Å²) in [6, 6.07) is 3.55. The molecule has 2 unspecified atom stereocenters. The van der Waals surface area contributed by atoms with E-state index in [9.17, 15) is 9.00 Å². The smallest absolute Gasteiger partial charge is 0.252 e. The molecule has 2 N–H and O–H groups in total. The molecule has 6 heteroatoms. The summed E-state index contributed by atoms with van der Waals surface area (Å²) in [6.07, 6.45) is 4.98. The van der Waals surface area contributed by atoms with Crippen LogP contribution < -0.4 is 10.6 Å². The second-order valence-electron chi connectivity index (χ2n) is 4.71. The van der Waals surface area contributed by atoms with Gasteiger partial charge >= 0.3 is 0 Å². The highest BCUT2D eigenvalue weighted by atomic mass is 32.2. The van der Waals surface area contributed by atoms with E-state index >= 15 is 0 Å². The van der Waals surface area contributed by atoms with Crippen molar-refractivity contribution in [1.29, 1.82) is 0 Å². The Bertz CT molecular complexity index is 448. The van der Waals surface area contributed by atoms with E-state index in [-0.39, 0.29) is 11.2 Å². The molecule has 0 spiro atoms. The molecule has 112 valence electrons. The Balaban J connectivity index is 2.41. The van der Waals surface area contributed by atoms with E-state index in [1.807, 2.05) is 6.92 Å². The Labute approximate surface area is 123 Å². The van der Waals surface area contributed by atoms with Gasteiger partial charge in [0.25, 0.3) is 5.91 Å². The first-order chi connectivity index (χ1) is 9.54. The highest BCUT2D eigenvalue weighted by Crippen LogP contribution is 2.05. The second-order valence-corrected chi connectivity index (χ2v) is 6.51. The summed E-state index contributed by atoms with van der Waals surface area (Å²) < 4.78 is 11.2. The average Bonchev–Trinajstić information content (AvgIpc) is 2.45. The molecule has 1 heterocycles. The fraction of sp³-hybridized carbons (Fsp3) is 0.571. The maximum absolute atomic E-state index is 11.9. The van der Waals surface area contributed by atoms with E-state index in [2.05, 4.69) is 22.5 Å². The van der Waals surface area contributed by atoms with Gasteiger partial charge in [-0.25, -0.2) is 4.98 Å². The Hall–Kier alpha value is -1.43. The van der Waals surface area contributed by atoms with Crippen LogP contribution >= 0.6 is 0 Å². The minimum atomic E-state index is -0.848. The van der Waals surface area contributed by atoms with Crippen LogP contribution in [-0.4, -0.2) is 39.7 Å². The summed E-state index contributed by atoms with van der Waals surface area (Å²) in [5.41, 5.74) is 0.539. The van der Waals surface area contributed by atoms with E-state index in [1.54, 1.807) is 24.6 Å². The van der Waals surface area contributed by atoms with E-state index in [0.717, 1.165) is 18.8 Å². The predicted octanol–water partition coefficient (Wildman–Crippen LogP) is 1.79. The van der Waals surface area contributed by atoms with Crippen LogP contribution in [0.2, 0.25) is 0 Å². The van der Waals surface area contributed by atoms with Gasteiger partial charge in [-0.2, -0.15) is 0 Å². The fourth-order valence-corrected chi connectivity index (χ4v) is 1.99. The number of amides is 1. The summed E-state index contributed by atoms with van der Waals surface area (Å²) in [6.45, 7) is 5.39. The highest BCUT2D eigenvalue weighted by molar-refractivity contribution is 7.84. The molecular formula is C14H23N3O2S. The van der Waals surface area contributed by atoms with Gasteiger partial charge in [0.15, 0.2) is 0 Å². The van der Waals surface area contributed by atoms with E-state index in [0.29, 0.717) is 18.5 Å². The maximum atomic E-state index is 11.9. The quantitative estimate of drug-likeness (QED) is 0.767. The van der Waals surface area contributed by atoms with Crippen LogP contribution in [0.3, 0.4) is 0 Å². The number of nitrogens with zero attached hydrogens (tertiary/aromatic N) is 1. The number of rotatable bonds is 8. The maximum Gasteiger partial charge on any atom is 0.252 e. The Kier molecular flexibility index (Phi) is 7.22. The van der Waals surface area contributed by atoms with Gasteiger partial charge in [0.05, 0.1) is 5.56 Å². The third-order valence-corrected chi connectivity index (χ3v) is 4.35. The zero-order valence-electron chi connectivity index (χ0n) is 12.3. The van der Waals surface area contributed by atoms with E-state index in [1.165, 1.54) is 0 Å². The Morgan fingerprint density at radius 3 is 2.70 bits per heavy atom. The lowest BCUT2D eigenvalue weighted by Crippen LogP contribution is -2.27. The lowest BCUT2D eigenvalue weighted by atomic mass is 10.2. The molecule has 0 aromatic carbocycles. The number of aromatic nitrogens is 1. The Morgan fingerprint density at radius 1 is 1.40 bits per heavy atom. The first-order valence-electron chi connectivity index (χ1n) is 6.85. The van der Waals surface area contributed by atoms with Crippen molar-refractivity contribution in [3.8, 4) is 0 Å². The zero-order chi connectivity index (χ0) is 15.0. The third kappa shape index (κ3) is 5.69. The van der Waals surface area contributed by atoms with Crippen molar-refractivity contribution in [2.24, 2.45) is 0 Å². The molecule has 0 saturated heterocycles. The molecule has 0 fully saturated rings. The van der Waals surface area contributed by atoms with E-state index < -0.39 is 10.8 Å². The molecule has 0 aliphatic heterocycles. The van der Waals surface area contributed by atoms with Crippen LogP contribution in [0.25, 0.3) is 0 Å². The number of pyridine rings is 1. The van der Waals surface area contributed by atoms with Crippen molar-refractivity contribution in [2.45, 2.75) is 31.9 Å². The average molecular weight is 297 g/mol. The summed E-state index contributed by atoms with van der Waals surface area (Å²) in [4.78, 5) is 16.1. The molecule has 1 aromatic heterocycles. The van der Waals surface area contributed by atoms with Gasteiger partial charge in [0.2, 0.25) is 0 Å². The lowest BCUT2D eigenvalue weighted by Gasteiger charge is -2.09. The van der Waals surface area contributed by atoms with Crippen molar-refractivity contribution in [3.63, 3.8) is 0 Å². The van der Waals surface area contributed by atoms with Crippen molar-refractivity contribution in [1.82, 2.24) is 10.3 Å². The van der Waals surface area contributed by atoms with Crippen LogP contribution in [0.5, 0.6) is 0 Å². The van der Waals surface area contributed by atoms with Gasteiger partial charge < -0.3 is 10.6 Å². The molecule has 1 amide bonds. The molecule has 5 nitrogen and oxygen atoms in total. The van der Waals surface area contributed by atoms with Gasteiger partial charge in [-0.3, -0.25) is 9.00 Å². The molecule has 0 saturated carbocycles. The normalized spacial score (nSPS) is 13.6. The topological polar surface area (TPSA) is 71.1 Å². The monoisotopic (exact) mass is 297 g/mol. The number of hydrogen-bond acceptors (Lipinski definition) is 4. The third-order valence-electron chi connectivity index (χ3n) is 2.98. The van der Waals surface area contributed by atoms with Gasteiger partial charge in [-0.15, -0.1) is 0 Å². The number of anilines is 1. The lowest BCUT2D eigenvalue weighted by molar-refractivity contribution is 0.0953. The van der Waals surface area contributed by atoms with Crippen molar-refractivity contribution >= 4 is 22.5 Å². The first kappa shape index (κ1) is 16.6. The first-order valence-corrected chi connectivity index (χ1v) is 8.47. The molecular weight excluding hydrogens is 274 g/mol. The number of nitrogens with one attached hydrogen (secondary N) is 2. The SMILES string of the molecule is CCCNc1ccc(C(=O)NCCC(C)S(C)=O)cn1. The van der Waals surface area contributed by atoms with Crippen LogP contribution in [0.4, 0.5) is 5.82 Å².